The van der Waals surface area contributed by atoms with Crippen molar-refractivity contribution in [2.24, 2.45) is 0 Å². The molecule has 0 aromatic heterocycles. The third-order valence-electron chi connectivity index (χ3n) is 5.31. The van der Waals surface area contributed by atoms with E-state index >= 15 is 0 Å². The van der Waals surface area contributed by atoms with Crippen LogP contribution in [-0.2, 0) is 6.54 Å². The molecule has 7 nitrogen and oxygen atoms in total. The van der Waals surface area contributed by atoms with Crippen LogP contribution in [0.25, 0.3) is 0 Å². The third-order valence-corrected chi connectivity index (χ3v) is 5.31. The van der Waals surface area contributed by atoms with E-state index in [1.54, 1.807) is 24.3 Å². The van der Waals surface area contributed by atoms with Gasteiger partial charge in [0.05, 0.1) is 11.0 Å². The number of ether oxygens (including phenoxy) is 1. The molecule has 0 saturated carbocycles. The van der Waals surface area contributed by atoms with Gasteiger partial charge in [-0.05, 0) is 17.7 Å². The fraction of sp³-hybridized carbons (Fsp3) is 0.316. The van der Waals surface area contributed by atoms with Gasteiger partial charge in [0.1, 0.15) is 25.2 Å². The predicted octanol–water partition coefficient (Wildman–Crippen LogP) is 2.72. The molecule has 0 fully saturated rings. The highest BCUT2D eigenvalue weighted by molar-refractivity contribution is 5.98. The van der Waals surface area contributed by atoms with Gasteiger partial charge in [0.2, 0.25) is 0 Å². The standard InChI is InChI=1S/C19H16F2N2O5/c20-9-19(10-21)17(24)16(14-7-12(23(26)27)5-6-15(14)28-19)22-8-11-3-1-2-4-13(11)18(22)25/h1-7,16-17,24H,8-10H2/t16-,17+/m0/s1. The van der Waals surface area contributed by atoms with E-state index in [1.807, 2.05) is 0 Å². The lowest BCUT2D eigenvalue weighted by atomic mass is 9.84. The van der Waals surface area contributed by atoms with Gasteiger partial charge in [0, 0.05) is 29.8 Å². The Morgan fingerprint density at radius 1 is 1.25 bits per heavy atom. The fourth-order valence-electron chi connectivity index (χ4n) is 3.80. The molecule has 0 spiro atoms. The Kier molecular flexibility index (Phi) is 4.26. The van der Waals surface area contributed by atoms with Crippen molar-refractivity contribution in [2.75, 3.05) is 13.3 Å². The SMILES string of the molecule is O=C1c2ccccc2CN1[C@H]1c2cc([N+](=O)[O-])ccc2OC(CF)(CF)[C@@H]1O. The molecule has 0 saturated heterocycles. The lowest BCUT2D eigenvalue weighted by Gasteiger charge is -2.45. The molecule has 9 heteroatoms. The minimum atomic E-state index is -2.19. The van der Waals surface area contributed by atoms with Gasteiger partial charge in [-0.2, -0.15) is 0 Å². The van der Waals surface area contributed by atoms with Gasteiger partial charge in [-0.25, -0.2) is 8.78 Å². The number of alkyl halides is 2. The summed E-state index contributed by atoms with van der Waals surface area (Å²) in [6.45, 7) is -2.55. The highest BCUT2D eigenvalue weighted by atomic mass is 19.1. The second-order valence-corrected chi connectivity index (χ2v) is 6.89. The number of nitro groups is 1. The number of fused-ring (bicyclic) bond motifs is 2. The van der Waals surface area contributed by atoms with E-state index in [2.05, 4.69) is 0 Å². The van der Waals surface area contributed by atoms with Gasteiger partial charge in [-0.15, -0.1) is 0 Å². The molecule has 4 rings (SSSR count). The summed E-state index contributed by atoms with van der Waals surface area (Å²) in [6, 6.07) is 9.15. The number of carbonyl (C=O) groups excluding carboxylic acids is 1. The molecule has 28 heavy (non-hydrogen) atoms. The first-order chi connectivity index (χ1) is 13.4. The highest BCUT2D eigenvalue weighted by Gasteiger charge is 2.54. The zero-order valence-electron chi connectivity index (χ0n) is 14.5. The van der Waals surface area contributed by atoms with E-state index in [0.29, 0.717) is 11.1 Å². The van der Waals surface area contributed by atoms with Crippen LogP contribution in [0.2, 0.25) is 0 Å². The Morgan fingerprint density at radius 3 is 2.61 bits per heavy atom. The van der Waals surface area contributed by atoms with Gasteiger partial charge in [-0.3, -0.25) is 14.9 Å². The van der Waals surface area contributed by atoms with Gasteiger partial charge in [0.25, 0.3) is 11.6 Å². The number of aliphatic hydroxyl groups excluding tert-OH is 1. The van der Waals surface area contributed by atoms with Crippen molar-refractivity contribution < 1.29 is 28.3 Å². The first-order valence-electron chi connectivity index (χ1n) is 8.58. The normalized spacial score (nSPS) is 22.4. The van der Waals surface area contributed by atoms with E-state index in [0.717, 1.165) is 6.07 Å². The number of hydrogen-bond donors (Lipinski definition) is 1. The van der Waals surface area contributed by atoms with Crippen molar-refractivity contribution in [1.29, 1.82) is 0 Å². The molecule has 146 valence electrons. The topological polar surface area (TPSA) is 92.9 Å². The second-order valence-electron chi connectivity index (χ2n) is 6.89. The Bertz CT molecular complexity index is 963. The molecule has 2 aromatic rings. The maximum atomic E-state index is 13.8. The second kappa shape index (κ2) is 6.52. The quantitative estimate of drug-likeness (QED) is 0.640. The molecule has 0 bridgehead atoms. The number of carbonyl (C=O) groups is 1. The molecular weight excluding hydrogens is 374 g/mol. The molecule has 2 atom stereocenters. The number of nitro benzene ring substituents is 1. The van der Waals surface area contributed by atoms with Crippen LogP contribution in [0.3, 0.4) is 0 Å². The van der Waals surface area contributed by atoms with E-state index in [4.69, 9.17) is 4.74 Å². The first kappa shape index (κ1) is 18.3. The average molecular weight is 390 g/mol. The molecule has 2 aliphatic rings. The number of aliphatic hydroxyl groups is 1. The van der Waals surface area contributed by atoms with Crippen molar-refractivity contribution in [3.63, 3.8) is 0 Å². The van der Waals surface area contributed by atoms with Crippen molar-refractivity contribution in [2.45, 2.75) is 24.3 Å². The van der Waals surface area contributed by atoms with Crippen molar-refractivity contribution in [3.05, 3.63) is 69.3 Å². The molecular formula is C19H16F2N2O5. The van der Waals surface area contributed by atoms with Crippen molar-refractivity contribution in [3.8, 4) is 5.75 Å². The van der Waals surface area contributed by atoms with Crippen molar-refractivity contribution in [1.82, 2.24) is 4.90 Å². The van der Waals surface area contributed by atoms with Crippen LogP contribution in [0.15, 0.2) is 42.5 Å². The minimum absolute atomic E-state index is 0.0000406. The molecule has 2 aromatic carbocycles. The summed E-state index contributed by atoms with van der Waals surface area (Å²) in [5.41, 5.74) is -1.22. The average Bonchev–Trinajstić information content (AvgIpc) is 3.03. The molecule has 1 N–H and O–H groups in total. The summed E-state index contributed by atoms with van der Waals surface area (Å²) in [4.78, 5) is 24.7. The van der Waals surface area contributed by atoms with Gasteiger partial charge >= 0.3 is 0 Å². The first-order valence-corrected chi connectivity index (χ1v) is 8.58. The van der Waals surface area contributed by atoms with Crippen LogP contribution in [0.5, 0.6) is 5.75 Å². The van der Waals surface area contributed by atoms with Crippen LogP contribution in [-0.4, -0.2) is 45.9 Å². The summed E-state index contributed by atoms with van der Waals surface area (Å²) >= 11 is 0. The van der Waals surface area contributed by atoms with Crippen molar-refractivity contribution >= 4 is 11.6 Å². The zero-order valence-corrected chi connectivity index (χ0v) is 14.5. The number of rotatable bonds is 4. The highest BCUT2D eigenvalue weighted by Crippen LogP contribution is 2.47. The largest absolute Gasteiger partial charge is 0.479 e. The Morgan fingerprint density at radius 2 is 1.96 bits per heavy atom. The number of non-ortho nitro benzene ring substituents is 1. The molecule has 2 heterocycles. The molecule has 0 radical (unpaired) electrons. The number of halogens is 2. The molecule has 2 aliphatic heterocycles. The lowest BCUT2D eigenvalue weighted by molar-refractivity contribution is -0.385. The summed E-state index contributed by atoms with van der Waals surface area (Å²) < 4.78 is 32.9. The smallest absolute Gasteiger partial charge is 0.270 e. The third kappa shape index (κ3) is 2.54. The number of hydrogen-bond acceptors (Lipinski definition) is 5. The maximum absolute atomic E-state index is 13.8. The Labute approximate surface area is 158 Å². The van der Waals surface area contributed by atoms with Crippen LogP contribution in [0, 0.1) is 10.1 Å². The summed E-state index contributed by atoms with van der Waals surface area (Å²) in [5, 5.41) is 22.0. The van der Waals surface area contributed by atoms with E-state index in [9.17, 15) is 28.8 Å². The van der Waals surface area contributed by atoms with Gasteiger partial charge in [-0.1, -0.05) is 18.2 Å². The summed E-state index contributed by atoms with van der Waals surface area (Å²) in [7, 11) is 0. The molecule has 0 unspecified atom stereocenters. The Hall–Kier alpha value is -3.07. The predicted molar refractivity (Wildman–Crippen MR) is 93.5 cm³/mol. The van der Waals surface area contributed by atoms with Crippen LogP contribution in [0.4, 0.5) is 14.5 Å². The number of benzene rings is 2. The zero-order chi connectivity index (χ0) is 20.1. The number of amides is 1. The van der Waals surface area contributed by atoms with E-state index < -0.39 is 41.9 Å². The van der Waals surface area contributed by atoms with Gasteiger partial charge in [0.15, 0.2) is 5.60 Å². The summed E-state index contributed by atoms with van der Waals surface area (Å²) in [5.74, 6) is -0.425. The summed E-state index contributed by atoms with van der Waals surface area (Å²) in [6.07, 6.45) is -1.75. The van der Waals surface area contributed by atoms with Crippen LogP contribution < -0.4 is 4.74 Å². The minimum Gasteiger partial charge on any atom is -0.479 e. The van der Waals surface area contributed by atoms with Crippen LogP contribution in [0.1, 0.15) is 27.5 Å². The van der Waals surface area contributed by atoms with E-state index in [1.165, 1.54) is 17.0 Å². The van der Waals surface area contributed by atoms with Crippen LogP contribution >= 0.6 is 0 Å². The van der Waals surface area contributed by atoms with E-state index in [-0.39, 0.29) is 23.5 Å². The lowest BCUT2D eigenvalue weighted by Crippen LogP contribution is -2.59. The maximum Gasteiger partial charge on any atom is 0.270 e. The monoisotopic (exact) mass is 390 g/mol. The number of nitrogens with zero attached hydrogens (tertiary/aromatic N) is 2. The Balaban J connectivity index is 1.86. The fourth-order valence-corrected chi connectivity index (χ4v) is 3.80. The molecule has 1 amide bonds. The van der Waals surface area contributed by atoms with Gasteiger partial charge < -0.3 is 14.7 Å². The molecule has 0 aliphatic carbocycles.